The SMILES string of the molecule is CC(C)Nc1nccn2c(C3=CN(C)NC3)cnc12. The Kier molecular flexibility index (Phi) is 2.87. The van der Waals surface area contributed by atoms with E-state index in [9.17, 15) is 0 Å². The van der Waals surface area contributed by atoms with Gasteiger partial charge in [-0.25, -0.2) is 15.4 Å². The lowest BCUT2D eigenvalue weighted by Crippen LogP contribution is -2.23. The minimum atomic E-state index is 0.331. The molecule has 0 unspecified atom stereocenters. The predicted molar refractivity (Wildman–Crippen MR) is 75.5 cm³/mol. The van der Waals surface area contributed by atoms with Crippen LogP contribution in [0.4, 0.5) is 5.82 Å². The number of nitrogens with zero attached hydrogens (tertiary/aromatic N) is 4. The minimum Gasteiger partial charge on any atom is -0.365 e. The van der Waals surface area contributed by atoms with Crippen LogP contribution in [0.1, 0.15) is 19.5 Å². The van der Waals surface area contributed by atoms with Gasteiger partial charge in [-0.1, -0.05) is 0 Å². The maximum absolute atomic E-state index is 4.49. The van der Waals surface area contributed by atoms with Crippen molar-refractivity contribution in [2.45, 2.75) is 19.9 Å². The minimum absolute atomic E-state index is 0.331. The lowest BCUT2D eigenvalue weighted by molar-refractivity contribution is 0.374. The first-order valence-corrected chi connectivity index (χ1v) is 6.41. The third kappa shape index (κ3) is 2.15. The smallest absolute Gasteiger partial charge is 0.180 e. The molecule has 0 radical (unpaired) electrons. The normalized spacial score (nSPS) is 15.4. The number of imidazole rings is 1. The third-order valence-corrected chi connectivity index (χ3v) is 3.05. The van der Waals surface area contributed by atoms with E-state index >= 15 is 0 Å². The summed E-state index contributed by atoms with van der Waals surface area (Å²) in [5, 5.41) is 5.28. The van der Waals surface area contributed by atoms with E-state index in [0.717, 1.165) is 23.7 Å². The molecule has 0 saturated heterocycles. The Balaban J connectivity index is 2.07. The maximum atomic E-state index is 4.49. The summed E-state index contributed by atoms with van der Waals surface area (Å²) in [5.41, 5.74) is 6.42. The second-order valence-corrected chi connectivity index (χ2v) is 5.01. The Morgan fingerprint density at radius 2 is 2.21 bits per heavy atom. The number of anilines is 1. The quantitative estimate of drug-likeness (QED) is 0.870. The van der Waals surface area contributed by atoms with E-state index in [-0.39, 0.29) is 0 Å². The highest BCUT2D eigenvalue weighted by atomic mass is 15.5. The van der Waals surface area contributed by atoms with Crippen LogP contribution in [-0.2, 0) is 0 Å². The zero-order valence-corrected chi connectivity index (χ0v) is 11.4. The summed E-state index contributed by atoms with van der Waals surface area (Å²) < 4.78 is 2.07. The first kappa shape index (κ1) is 12.0. The van der Waals surface area contributed by atoms with Crippen LogP contribution in [-0.4, -0.2) is 39.0 Å². The van der Waals surface area contributed by atoms with E-state index in [1.807, 2.05) is 24.5 Å². The molecule has 2 N–H and O–H groups in total. The van der Waals surface area contributed by atoms with Gasteiger partial charge in [0.1, 0.15) is 0 Å². The van der Waals surface area contributed by atoms with E-state index in [0.29, 0.717) is 6.04 Å². The van der Waals surface area contributed by atoms with Crippen LogP contribution in [0, 0.1) is 0 Å². The second-order valence-electron chi connectivity index (χ2n) is 5.01. The number of hydrogen-bond donors (Lipinski definition) is 2. The van der Waals surface area contributed by atoms with Crippen LogP contribution < -0.4 is 10.7 Å². The molecule has 0 amide bonds. The monoisotopic (exact) mass is 258 g/mol. The second kappa shape index (κ2) is 4.55. The average Bonchev–Trinajstić information content (AvgIpc) is 2.94. The summed E-state index contributed by atoms with van der Waals surface area (Å²) in [6.07, 6.45) is 7.73. The molecule has 19 heavy (non-hydrogen) atoms. The van der Waals surface area contributed by atoms with Gasteiger partial charge in [-0.15, -0.1) is 0 Å². The van der Waals surface area contributed by atoms with Gasteiger partial charge in [0.25, 0.3) is 0 Å². The molecular formula is C13H18N6. The fourth-order valence-electron chi connectivity index (χ4n) is 2.22. The summed E-state index contributed by atoms with van der Waals surface area (Å²) in [7, 11) is 1.99. The van der Waals surface area contributed by atoms with Gasteiger partial charge in [0, 0.05) is 43.8 Å². The molecule has 2 aromatic heterocycles. The highest BCUT2D eigenvalue weighted by molar-refractivity contribution is 5.72. The Morgan fingerprint density at radius 1 is 1.37 bits per heavy atom. The molecule has 0 atom stereocenters. The van der Waals surface area contributed by atoms with Gasteiger partial charge in [-0.05, 0) is 13.8 Å². The molecule has 1 aliphatic rings. The topological polar surface area (TPSA) is 57.5 Å². The van der Waals surface area contributed by atoms with Gasteiger partial charge in [0.05, 0.1) is 11.9 Å². The van der Waals surface area contributed by atoms with E-state index in [4.69, 9.17) is 0 Å². The van der Waals surface area contributed by atoms with Crippen LogP contribution in [0.25, 0.3) is 11.2 Å². The Labute approximate surface area is 112 Å². The highest BCUT2D eigenvalue weighted by Crippen LogP contribution is 2.22. The number of nitrogens with one attached hydrogen (secondary N) is 2. The van der Waals surface area contributed by atoms with Crippen molar-refractivity contribution >= 4 is 17.0 Å². The fraction of sp³-hybridized carbons (Fsp3) is 0.385. The lowest BCUT2D eigenvalue weighted by Gasteiger charge is -2.10. The molecule has 6 nitrogen and oxygen atoms in total. The number of aromatic nitrogens is 3. The van der Waals surface area contributed by atoms with Crippen molar-refractivity contribution in [3.05, 3.63) is 30.5 Å². The van der Waals surface area contributed by atoms with Crippen molar-refractivity contribution in [3.63, 3.8) is 0 Å². The molecule has 0 aliphatic carbocycles. The maximum Gasteiger partial charge on any atom is 0.180 e. The van der Waals surface area contributed by atoms with Gasteiger partial charge in [-0.3, -0.25) is 4.40 Å². The predicted octanol–water partition coefficient (Wildman–Crippen LogP) is 1.34. The van der Waals surface area contributed by atoms with Crippen molar-refractivity contribution in [1.29, 1.82) is 0 Å². The Bertz CT molecular complexity index is 627. The standard InChI is InChI=1S/C13H18N6/c1-9(2)17-12-13-15-7-11(19(13)5-4-14-12)10-6-16-18(3)8-10/h4-5,7-9,16H,6H2,1-3H3,(H,14,17). The number of fused-ring (bicyclic) bond motifs is 1. The van der Waals surface area contributed by atoms with E-state index in [2.05, 4.69) is 45.2 Å². The summed E-state index contributed by atoms with van der Waals surface area (Å²) in [4.78, 5) is 8.85. The Morgan fingerprint density at radius 3 is 2.89 bits per heavy atom. The summed E-state index contributed by atoms with van der Waals surface area (Å²) >= 11 is 0. The first-order chi connectivity index (χ1) is 9.15. The molecule has 6 heteroatoms. The lowest BCUT2D eigenvalue weighted by atomic mass is 10.2. The molecule has 2 aromatic rings. The van der Waals surface area contributed by atoms with Crippen molar-refractivity contribution in [2.75, 3.05) is 18.9 Å². The van der Waals surface area contributed by atoms with Crippen molar-refractivity contribution in [3.8, 4) is 0 Å². The summed E-state index contributed by atoms with van der Waals surface area (Å²) in [6, 6.07) is 0.331. The summed E-state index contributed by atoms with van der Waals surface area (Å²) in [6.45, 7) is 5.00. The van der Waals surface area contributed by atoms with Crippen LogP contribution in [0.3, 0.4) is 0 Å². The first-order valence-electron chi connectivity index (χ1n) is 6.41. The van der Waals surface area contributed by atoms with Crippen molar-refractivity contribution < 1.29 is 0 Å². The Hall–Kier alpha value is -2.08. The van der Waals surface area contributed by atoms with Crippen molar-refractivity contribution in [2.24, 2.45) is 0 Å². The van der Waals surface area contributed by atoms with E-state index < -0.39 is 0 Å². The molecule has 0 aromatic carbocycles. The molecule has 0 spiro atoms. The molecule has 3 heterocycles. The molecule has 1 aliphatic heterocycles. The van der Waals surface area contributed by atoms with Crippen LogP contribution in [0.15, 0.2) is 24.8 Å². The number of hydrazine groups is 1. The summed E-state index contributed by atoms with van der Waals surface area (Å²) in [5.74, 6) is 0.823. The molecule has 3 rings (SSSR count). The molecular weight excluding hydrogens is 240 g/mol. The van der Waals surface area contributed by atoms with Gasteiger partial charge < -0.3 is 10.3 Å². The highest BCUT2D eigenvalue weighted by Gasteiger charge is 2.16. The van der Waals surface area contributed by atoms with Crippen LogP contribution in [0.5, 0.6) is 0 Å². The fourth-order valence-corrected chi connectivity index (χ4v) is 2.22. The number of rotatable bonds is 3. The van der Waals surface area contributed by atoms with Gasteiger partial charge in [0.15, 0.2) is 11.5 Å². The zero-order valence-electron chi connectivity index (χ0n) is 11.4. The zero-order chi connectivity index (χ0) is 13.4. The van der Waals surface area contributed by atoms with E-state index in [1.54, 1.807) is 6.20 Å². The van der Waals surface area contributed by atoms with Gasteiger partial charge >= 0.3 is 0 Å². The van der Waals surface area contributed by atoms with E-state index in [1.165, 1.54) is 5.57 Å². The van der Waals surface area contributed by atoms with Gasteiger partial charge in [0.2, 0.25) is 0 Å². The average molecular weight is 258 g/mol. The molecule has 0 fully saturated rings. The third-order valence-electron chi connectivity index (χ3n) is 3.05. The van der Waals surface area contributed by atoms with Crippen LogP contribution >= 0.6 is 0 Å². The number of hydrogen-bond acceptors (Lipinski definition) is 5. The molecule has 100 valence electrons. The van der Waals surface area contributed by atoms with Gasteiger partial charge in [-0.2, -0.15) is 0 Å². The molecule has 0 saturated carbocycles. The molecule has 0 bridgehead atoms. The van der Waals surface area contributed by atoms with Crippen molar-refractivity contribution in [1.82, 2.24) is 24.8 Å². The largest absolute Gasteiger partial charge is 0.365 e. The van der Waals surface area contributed by atoms with Crippen LogP contribution in [0.2, 0.25) is 0 Å².